The lowest BCUT2D eigenvalue weighted by atomic mass is 10.1. The number of carbonyl (C=O) groups is 1. The Balaban J connectivity index is 1.47. The Labute approximate surface area is 212 Å². The van der Waals surface area contributed by atoms with E-state index in [4.69, 9.17) is 20.8 Å². The number of methoxy groups -OCH3 is 1. The predicted molar refractivity (Wildman–Crippen MR) is 134 cm³/mol. The lowest BCUT2D eigenvalue weighted by Gasteiger charge is -2.16. The highest BCUT2D eigenvalue weighted by atomic mass is 35.5. The van der Waals surface area contributed by atoms with Gasteiger partial charge in [-0.05, 0) is 48.7 Å². The fourth-order valence-corrected chi connectivity index (χ4v) is 3.81. The number of aryl methyl sites for hydroxylation is 3. The van der Waals surface area contributed by atoms with E-state index < -0.39 is 11.7 Å². The Hall–Kier alpha value is -4.18. The summed E-state index contributed by atoms with van der Waals surface area (Å²) in [5, 5.41) is 9.80. The first-order chi connectivity index (χ1) is 17.4. The van der Waals surface area contributed by atoms with Crippen molar-refractivity contribution in [1.82, 2.24) is 24.3 Å². The second kappa shape index (κ2) is 11.0. The van der Waals surface area contributed by atoms with Gasteiger partial charge in [0.2, 0.25) is 5.89 Å². The van der Waals surface area contributed by atoms with Gasteiger partial charge in [-0.3, -0.25) is 4.79 Å². The summed E-state index contributed by atoms with van der Waals surface area (Å²) < 4.78 is 13.4. The summed E-state index contributed by atoms with van der Waals surface area (Å²) in [7, 11) is 1.60. The molecular formula is C25H25ClN6O4. The van der Waals surface area contributed by atoms with Crippen molar-refractivity contribution in [3.8, 4) is 5.75 Å². The monoisotopic (exact) mass is 508 g/mol. The van der Waals surface area contributed by atoms with Crippen molar-refractivity contribution in [2.75, 3.05) is 7.11 Å². The minimum absolute atomic E-state index is 0.0516. The van der Waals surface area contributed by atoms with Crippen molar-refractivity contribution < 1.29 is 13.9 Å². The summed E-state index contributed by atoms with van der Waals surface area (Å²) in [4.78, 5) is 29.9. The maximum Gasteiger partial charge on any atom is 0.437 e. The SMILES string of the molecule is C=NN(Cc1nn(CCc2ccc(Cl)cc2)c(=O)o1)C(=O)c1c(C)ncn1Cc1ccc(OC)cc1. The topological polar surface area (TPSA) is 108 Å². The molecule has 36 heavy (non-hydrogen) atoms. The molecule has 0 spiro atoms. The van der Waals surface area contributed by atoms with E-state index in [0.29, 0.717) is 35.9 Å². The molecule has 0 N–H and O–H groups in total. The highest BCUT2D eigenvalue weighted by Gasteiger charge is 2.24. The van der Waals surface area contributed by atoms with Gasteiger partial charge in [0.25, 0.3) is 5.91 Å². The minimum Gasteiger partial charge on any atom is -0.497 e. The van der Waals surface area contributed by atoms with Crippen LogP contribution in [0.5, 0.6) is 5.75 Å². The fraction of sp³-hybridized carbons (Fsp3) is 0.240. The van der Waals surface area contributed by atoms with E-state index >= 15 is 0 Å². The summed E-state index contributed by atoms with van der Waals surface area (Å²) in [6.45, 7) is 5.83. The average Bonchev–Trinajstić information content (AvgIpc) is 3.43. The van der Waals surface area contributed by atoms with Gasteiger partial charge in [0.15, 0.2) is 0 Å². The molecule has 1 amide bonds. The third kappa shape index (κ3) is 5.72. The van der Waals surface area contributed by atoms with Crippen molar-refractivity contribution in [2.24, 2.45) is 5.10 Å². The Morgan fingerprint density at radius 1 is 1.17 bits per heavy atom. The van der Waals surface area contributed by atoms with Crippen LogP contribution in [0.2, 0.25) is 5.02 Å². The summed E-state index contributed by atoms with van der Waals surface area (Å²) in [6.07, 6.45) is 2.16. The molecular weight excluding hydrogens is 484 g/mol. The third-order valence-corrected chi connectivity index (χ3v) is 5.85. The van der Waals surface area contributed by atoms with Crippen LogP contribution in [0.3, 0.4) is 0 Å². The summed E-state index contributed by atoms with van der Waals surface area (Å²) >= 11 is 5.91. The van der Waals surface area contributed by atoms with Crippen molar-refractivity contribution in [3.05, 3.63) is 98.8 Å². The molecule has 186 valence electrons. The molecule has 0 bridgehead atoms. The van der Waals surface area contributed by atoms with Gasteiger partial charge in [0, 0.05) is 18.3 Å². The standard InChI is InChI=1S/C25H25ClN6O4/c1-17-23(30(16-28-17)14-19-6-10-21(35-3)11-7-19)24(33)32(27-2)15-22-29-31(25(34)36-22)13-12-18-4-8-20(26)9-5-18/h4-11,16H,2,12-15H2,1,3H3. The highest BCUT2D eigenvalue weighted by Crippen LogP contribution is 2.17. The van der Waals surface area contributed by atoms with Crippen LogP contribution in [0.25, 0.3) is 0 Å². The van der Waals surface area contributed by atoms with E-state index in [0.717, 1.165) is 21.9 Å². The van der Waals surface area contributed by atoms with Crippen LogP contribution in [0.15, 0.2) is 69.2 Å². The fourth-order valence-electron chi connectivity index (χ4n) is 3.69. The molecule has 2 heterocycles. The van der Waals surface area contributed by atoms with E-state index in [2.05, 4.69) is 21.9 Å². The first-order valence-electron chi connectivity index (χ1n) is 11.1. The first kappa shape index (κ1) is 24.9. The molecule has 0 saturated carbocycles. The molecule has 2 aromatic carbocycles. The Bertz CT molecular complexity index is 1410. The molecule has 2 aromatic heterocycles. The van der Waals surface area contributed by atoms with Gasteiger partial charge in [-0.15, -0.1) is 5.10 Å². The zero-order valence-electron chi connectivity index (χ0n) is 19.9. The summed E-state index contributed by atoms with van der Waals surface area (Å²) in [5.74, 6) is -0.258. The number of imidazole rings is 1. The number of nitrogens with zero attached hydrogens (tertiary/aromatic N) is 6. The van der Waals surface area contributed by atoms with Crippen LogP contribution >= 0.6 is 11.6 Å². The number of benzene rings is 2. The molecule has 0 aliphatic heterocycles. The Morgan fingerprint density at radius 2 is 1.86 bits per heavy atom. The van der Waals surface area contributed by atoms with Crippen molar-refractivity contribution >= 4 is 24.2 Å². The van der Waals surface area contributed by atoms with Crippen LogP contribution in [0.1, 0.15) is 33.2 Å². The molecule has 4 rings (SSSR count). The number of aromatic nitrogens is 4. The van der Waals surface area contributed by atoms with Gasteiger partial charge in [0.05, 0.1) is 25.7 Å². The van der Waals surface area contributed by atoms with Crippen molar-refractivity contribution in [3.63, 3.8) is 0 Å². The van der Waals surface area contributed by atoms with Gasteiger partial charge in [-0.1, -0.05) is 35.9 Å². The summed E-state index contributed by atoms with van der Waals surface area (Å²) in [5.41, 5.74) is 2.85. The van der Waals surface area contributed by atoms with Crippen LogP contribution in [-0.4, -0.2) is 44.1 Å². The number of halogens is 1. The Morgan fingerprint density at radius 3 is 2.53 bits per heavy atom. The number of rotatable bonds is 10. The molecule has 0 atom stereocenters. The number of hydrogen-bond acceptors (Lipinski definition) is 7. The molecule has 11 heteroatoms. The molecule has 0 radical (unpaired) electrons. The maximum atomic E-state index is 13.3. The molecule has 4 aromatic rings. The van der Waals surface area contributed by atoms with E-state index in [1.807, 2.05) is 36.4 Å². The zero-order chi connectivity index (χ0) is 25.7. The molecule has 10 nitrogen and oxygen atoms in total. The first-order valence-corrected chi connectivity index (χ1v) is 11.5. The maximum absolute atomic E-state index is 13.3. The highest BCUT2D eigenvalue weighted by molar-refractivity contribution is 6.30. The normalized spacial score (nSPS) is 10.9. The van der Waals surface area contributed by atoms with Gasteiger partial charge in [-0.25, -0.2) is 14.8 Å². The average molecular weight is 509 g/mol. The molecule has 0 aliphatic carbocycles. The summed E-state index contributed by atoms with van der Waals surface area (Å²) in [6, 6.07) is 14.9. The van der Waals surface area contributed by atoms with Gasteiger partial charge < -0.3 is 13.7 Å². The van der Waals surface area contributed by atoms with Gasteiger partial charge >= 0.3 is 5.76 Å². The third-order valence-electron chi connectivity index (χ3n) is 5.60. The quantitative estimate of drug-likeness (QED) is 0.239. The number of amides is 1. The van der Waals surface area contributed by atoms with Crippen LogP contribution in [0, 0.1) is 6.92 Å². The van der Waals surface area contributed by atoms with E-state index in [9.17, 15) is 9.59 Å². The van der Waals surface area contributed by atoms with Crippen LogP contribution in [0.4, 0.5) is 0 Å². The number of carbonyl (C=O) groups excluding carboxylic acids is 1. The second-order valence-electron chi connectivity index (χ2n) is 8.02. The number of hydrogen-bond donors (Lipinski definition) is 0. The van der Waals surface area contributed by atoms with E-state index in [-0.39, 0.29) is 12.4 Å². The largest absolute Gasteiger partial charge is 0.497 e. The van der Waals surface area contributed by atoms with E-state index in [1.54, 1.807) is 37.1 Å². The molecule has 0 aliphatic rings. The van der Waals surface area contributed by atoms with Crippen LogP contribution in [-0.2, 0) is 26.1 Å². The number of hydrazone groups is 1. The van der Waals surface area contributed by atoms with E-state index in [1.165, 1.54) is 4.68 Å². The number of ether oxygens (including phenoxy) is 1. The molecule has 0 fully saturated rings. The van der Waals surface area contributed by atoms with Crippen molar-refractivity contribution in [1.29, 1.82) is 0 Å². The van der Waals surface area contributed by atoms with Gasteiger partial charge in [0.1, 0.15) is 18.0 Å². The molecule has 0 unspecified atom stereocenters. The lowest BCUT2D eigenvalue weighted by molar-refractivity contribution is 0.0724. The lowest BCUT2D eigenvalue weighted by Crippen LogP contribution is -2.28. The van der Waals surface area contributed by atoms with Gasteiger partial charge in [-0.2, -0.15) is 9.78 Å². The van der Waals surface area contributed by atoms with Crippen molar-refractivity contribution in [2.45, 2.75) is 33.0 Å². The Kier molecular flexibility index (Phi) is 7.65. The minimum atomic E-state index is -0.615. The molecule has 0 saturated heterocycles. The smallest absolute Gasteiger partial charge is 0.437 e. The second-order valence-corrected chi connectivity index (χ2v) is 8.46. The van der Waals surface area contributed by atoms with Crippen LogP contribution < -0.4 is 10.5 Å². The zero-order valence-corrected chi connectivity index (χ0v) is 20.7. The predicted octanol–water partition coefficient (Wildman–Crippen LogP) is 3.55.